The maximum Gasteiger partial charge on any atom is 0.246 e. The summed E-state index contributed by atoms with van der Waals surface area (Å²) in [5.74, 6) is 0.575. The number of sulfonamides is 1. The molecule has 1 aromatic heterocycles. The minimum atomic E-state index is -3.64. The highest BCUT2D eigenvalue weighted by Gasteiger charge is 2.40. The molecular formula is C20H19FN2O4S. The molecule has 0 unspecified atom stereocenters. The Hall–Kier alpha value is -2.71. The topological polar surface area (TPSA) is 72.6 Å². The number of aromatic nitrogens is 1. The van der Waals surface area contributed by atoms with Crippen molar-refractivity contribution in [2.24, 2.45) is 0 Å². The molecule has 0 aliphatic carbocycles. The van der Waals surface area contributed by atoms with Gasteiger partial charge in [0.05, 0.1) is 6.61 Å². The first kappa shape index (κ1) is 18.6. The monoisotopic (exact) mass is 402 g/mol. The summed E-state index contributed by atoms with van der Waals surface area (Å²) in [4.78, 5) is 0.167. The highest BCUT2D eigenvalue weighted by molar-refractivity contribution is 7.89. The van der Waals surface area contributed by atoms with Gasteiger partial charge in [0.2, 0.25) is 10.0 Å². The van der Waals surface area contributed by atoms with Crippen LogP contribution in [0.2, 0.25) is 0 Å². The molecule has 146 valence electrons. The zero-order valence-corrected chi connectivity index (χ0v) is 16.0. The second-order valence-corrected chi connectivity index (χ2v) is 8.43. The van der Waals surface area contributed by atoms with Gasteiger partial charge in [0.25, 0.3) is 0 Å². The third-order valence-electron chi connectivity index (χ3n) is 4.69. The fraction of sp³-hybridized carbons (Fsp3) is 0.250. The van der Waals surface area contributed by atoms with Crippen LogP contribution in [0.4, 0.5) is 4.39 Å². The number of rotatable bonds is 6. The second kappa shape index (κ2) is 7.37. The lowest BCUT2D eigenvalue weighted by molar-refractivity contribution is 0.221. The minimum Gasteiger partial charge on any atom is -0.492 e. The molecule has 3 aromatic rings. The van der Waals surface area contributed by atoms with Crippen molar-refractivity contribution in [2.75, 3.05) is 19.7 Å². The molecular weight excluding hydrogens is 383 g/mol. The predicted octanol–water partition coefficient (Wildman–Crippen LogP) is 3.67. The zero-order chi connectivity index (χ0) is 19.7. The summed E-state index contributed by atoms with van der Waals surface area (Å²) in [7, 11) is -3.64. The number of nitrogens with zero attached hydrogens (tertiary/aromatic N) is 2. The van der Waals surface area contributed by atoms with Crippen LogP contribution >= 0.6 is 0 Å². The third-order valence-corrected chi connectivity index (χ3v) is 6.56. The Labute approximate surface area is 162 Å². The van der Waals surface area contributed by atoms with Gasteiger partial charge in [-0.3, -0.25) is 0 Å². The number of halogens is 1. The van der Waals surface area contributed by atoms with Gasteiger partial charge in [0, 0.05) is 30.6 Å². The van der Waals surface area contributed by atoms with Crippen LogP contribution in [0.3, 0.4) is 0 Å². The van der Waals surface area contributed by atoms with Crippen LogP contribution in [0, 0.1) is 5.82 Å². The third kappa shape index (κ3) is 3.41. The van der Waals surface area contributed by atoms with E-state index in [1.165, 1.54) is 16.4 Å². The molecule has 0 spiro atoms. The van der Waals surface area contributed by atoms with Gasteiger partial charge < -0.3 is 9.26 Å². The molecule has 2 aromatic carbocycles. The number of benzene rings is 2. The maximum atomic E-state index is 13.1. The van der Waals surface area contributed by atoms with Crippen LogP contribution < -0.4 is 4.74 Å². The summed E-state index contributed by atoms with van der Waals surface area (Å²) in [5.41, 5.74) is 1.34. The lowest BCUT2D eigenvalue weighted by Gasteiger charge is -2.36. The van der Waals surface area contributed by atoms with Crippen molar-refractivity contribution in [3.05, 3.63) is 66.2 Å². The molecule has 1 saturated heterocycles. The van der Waals surface area contributed by atoms with Crippen LogP contribution in [0.5, 0.6) is 5.75 Å². The smallest absolute Gasteiger partial charge is 0.246 e. The fourth-order valence-electron chi connectivity index (χ4n) is 3.13. The molecule has 0 saturated carbocycles. The van der Waals surface area contributed by atoms with Crippen molar-refractivity contribution in [3.63, 3.8) is 0 Å². The van der Waals surface area contributed by atoms with Gasteiger partial charge in [-0.2, -0.15) is 4.31 Å². The van der Waals surface area contributed by atoms with E-state index in [0.717, 1.165) is 5.56 Å². The van der Waals surface area contributed by atoms with Crippen LogP contribution in [-0.4, -0.2) is 37.6 Å². The molecule has 1 aliphatic heterocycles. The Kier molecular flexibility index (Phi) is 4.91. The van der Waals surface area contributed by atoms with Crippen LogP contribution in [0.1, 0.15) is 18.6 Å². The van der Waals surface area contributed by atoms with Gasteiger partial charge in [-0.15, -0.1) is 0 Å². The first-order chi connectivity index (χ1) is 13.5. The highest BCUT2D eigenvalue weighted by atomic mass is 32.2. The summed E-state index contributed by atoms with van der Waals surface area (Å²) in [6.07, 6.45) is 0. The summed E-state index contributed by atoms with van der Waals surface area (Å²) >= 11 is 0. The molecule has 0 atom stereocenters. The minimum absolute atomic E-state index is 0.0734. The van der Waals surface area contributed by atoms with E-state index >= 15 is 0 Å². The summed E-state index contributed by atoms with van der Waals surface area (Å²) in [6.45, 7) is 2.81. The summed E-state index contributed by atoms with van der Waals surface area (Å²) in [6, 6.07) is 14.4. The first-order valence-corrected chi connectivity index (χ1v) is 10.4. The standard InChI is InChI=1S/C20H19FN2O4S/c1-2-26-18-5-3-4-6-20(18)28(24,25)23-12-15(13-23)19-11-17(22-27-19)14-7-9-16(21)10-8-14/h3-11,15H,2,12-13H2,1H3. The SMILES string of the molecule is CCOc1ccccc1S(=O)(=O)N1CC(c2cc(-c3ccc(F)cc3)no2)C1. The second-order valence-electron chi connectivity index (χ2n) is 6.52. The average Bonchev–Trinajstić information content (AvgIpc) is 3.11. The number of hydrogen-bond donors (Lipinski definition) is 0. The molecule has 0 radical (unpaired) electrons. The van der Waals surface area contributed by atoms with E-state index < -0.39 is 10.0 Å². The summed E-state index contributed by atoms with van der Waals surface area (Å²) < 4.78 is 51.1. The number of ether oxygens (including phenoxy) is 1. The van der Waals surface area contributed by atoms with E-state index in [1.54, 1.807) is 42.5 Å². The quantitative estimate of drug-likeness (QED) is 0.629. The summed E-state index contributed by atoms with van der Waals surface area (Å²) in [5, 5.41) is 4.02. The van der Waals surface area contributed by atoms with Gasteiger partial charge in [-0.1, -0.05) is 17.3 Å². The lowest BCUT2D eigenvalue weighted by atomic mass is 9.99. The fourth-order valence-corrected chi connectivity index (χ4v) is 4.79. The number of para-hydroxylation sites is 1. The van der Waals surface area contributed by atoms with Crippen molar-refractivity contribution < 1.29 is 22.1 Å². The Morgan fingerprint density at radius 2 is 1.89 bits per heavy atom. The van der Waals surface area contributed by atoms with Gasteiger partial charge in [-0.25, -0.2) is 12.8 Å². The normalized spacial score (nSPS) is 15.4. The van der Waals surface area contributed by atoms with E-state index in [9.17, 15) is 12.8 Å². The molecule has 2 heterocycles. The van der Waals surface area contributed by atoms with Crippen LogP contribution in [-0.2, 0) is 10.0 Å². The predicted molar refractivity (Wildman–Crippen MR) is 101 cm³/mol. The Morgan fingerprint density at radius 3 is 2.61 bits per heavy atom. The van der Waals surface area contributed by atoms with Crippen LogP contribution in [0.25, 0.3) is 11.3 Å². The molecule has 28 heavy (non-hydrogen) atoms. The molecule has 8 heteroatoms. The molecule has 0 N–H and O–H groups in total. The van der Waals surface area contributed by atoms with Crippen molar-refractivity contribution in [3.8, 4) is 17.0 Å². The van der Waals surface area contributed by atoms with Crippen molar-refractivity contribution >= 4 is 10.0 Å². The van der Waals surface area contributed by atoms with E-state index in [2.05, 4.69) is 5.16 Å². The van der Waals surface area contributed by atoms with Crippen molar-refractivity contribution in [1.82, 2.24) is 9.46 Å². The zero-order valence-electron chi connectivity index (χ0n) is 15.2. The lowest BCUT2D eigenvalue weighted by Crippen LogP contribution is -2.48. The first-order valence-electron chi connectivity index (χ1n) is 8.93. The highest BCUT2D eigenvalue weighted by Crippen LogP contribution is 2.36. The van der Waals surface area contributed by atoms with Crippen molar-refractivity contribution in [1.29, 1.82) is 0 Å². The van der Waals surface area contributed by atoms with Gasteiger partial charge in [-0.05, 0) is 43.3 Å². The van der Waals surface area contributed by atoms with Gasteiger partial charge in [0.15, 0.2) is 0 Å². The molecule has 4 rings (SSSR count). The molecule has 6 nitrogen and oxygen atoms in total. The Bertz CT molecular complexity index is 1070. The molecule has 1 aliphatic rings. The molecule has 1 fully saturated rings. The Balaban J connectivity index is 1.48. The van der Waals surface area contributed by atoms with E-state index in [1.807, 2.05) is 6.92 Å². The van der Waals surface area contributed by atoms with E-state index in [0.29, 0.717) is 36.9 Å². The van der Waals surface area contributed by atoms with Crippen LogP contribution in [0.15, 0.2) is 64.0 Å². The van der Waals surface area contributed by atoms with E-state index in [-0.39, 0.29) is 16.6 Å². The van der Waals surface area contributed by atoms with E-state index in [4.69, 9.17) is 9.26 Å². The largest absolute Gasteiger partial charge is 0.492 e. The molecule has 0 bridgehead atoms. The van der Waals surface area contributed by atoms with Gasteiger partial charge >= 0.3 is 0 Å². The average molecular weight is 402 g/mol. The maximum absolute atomic E-state index is 13.1. The number of hydrogen-bond acceptors (Lipinski definition) is 5. The van der Waals surface area contributed by atoms with Gasteiger partial charge in [0.1, 0.15) is 27.9 Å². The van der Waals surface area contributed by atoms with Crippen molar-refractivity contribution in [2.45, 2.75) is 17.7 Å². The Morgan fingerprint density at radius 1 is 1.18 bits per heavy atom. The molecule has 0 amide bonds.